The number of carbonyl (C=O) groups is 3. The number of fused-ring (bicyclic) bond motifs is 1. The first kappa shape index (κ1) is 31.1. The molecule has 0 spiro atoms. The monoisotopic (exact) mass is 593 g/mol. The number of aliphatic hydroxyl groups excluding tert-OH is 1. The fourth-order valence-electron chi connectivity index (χ4n) is 4.59. The lowest BCUT2D eigenvalue weighted by Crippen LogP contribution is -2.50. The number of carbonyl (C=O) groups excluding carboxylic acids is 3. The number of nitrogens with zero attached hydrogens (tertiary/aromatic N) is 2. The molecular formula is C31H36FN5O6. The van der Waals surface area contributed by atoms with Gasteiger partial charge in [0.05, 0.1) is 31.9 Å². The number of rotatable bonds is 8. The molecule has 0 aromatic heterocycles. The van der Waals surface area contributed by atoms with Gasteiger partial charge in [-0.05, 0) is 73.7 Å². The highest BCUT2D eigenvalue weighted by atomic mass is 19.1. The lowest BCUT2D eigenvalue weighted by molar-refractivity contribution is 0.0371. The van der Waals surface area contributed by atoms with E-state index in [-0.39, 0.29) is 48.9 Å². The van der Waals surface area contributed by atoms with Gasteiger partial charge in [-0.25, -0.2) is 14.0 Å². The molecule has 3 aromatic rings. The number of anilines is 3. The average Bonchev–Trinajstić information content (AvgIpc) is 3.00. The maximum absolute atomic E-state index is 13.7. The van der Waals surface area contributed by atoms with Crippen molar-refractivity contribution >= 4 is 35.0 Å². The van der Waals surface area contributed by atoms with E-state index >= 15 is 0 Å². The van der Waals surface area contributed by atoms with Crippen LogP contribution in [0.2, 0.25) is 0 Å². The molecule has 1 aliphatic heterocycles. The molecule has 4 N–H and O–H groups in total. The molecule has 3 aromatic carbocycles. The quantitative estimate of drug-likeness (QED) is 0.295. The summed E-state index contributed by atoms with van der Waals surface area (Å²) in [6.07, 6.45) is -0.507. The average molecular weight is 594 g/mol. The third-order valence-corrected chi connectivity index (χ3v) is 7.17. The molecule has 4 rings (SSSR count). The van der Waals surface area contributed by atoms with Gasteiger partial charge in [0.2, 0.25) is 0 Å². The molecule has 228 valence electrons. The van der Waals surface area contributed by atoms with E-state index in [9.17, 15) is 23.9 Å². The van der Waals surface area contributed by atoms with Crippen LogP contribution in [0.15, 0.2) is 66.7 Å². The third kappa shape index (κ3) is 7.92. The summed E-state index contributed by atoms with van der Waals surface area (Å²) in [4.78, 5) is 42.3. The van der Waals surface area contributed by atoms with Gasteiger partial charge >= 0.3 is 12.1 Å². The highest BCUT2D eigenvalue weighted by molar-refractivity contribution is 6.02. The topological polar surface area (TPSA) is 132 Å². The zero-order valence-electron chi connectivity index (χ0n) is 24.5. The number of likely N-dealkylation sites (N-methyl/N-ethyl adjacent to an activating group) is 1. The van der Waals surface area contributed by atoms with Crippen LogP contribution < -0.4 is 25.4 Å². The molecule has 0 bridgehead atoms. The maximum Gasteiger partial charge on any atom is 0.323 e. The van der Waals surface area contributed by atoms with Crippen molar-refractivity contribution in [2.45, 2.75) is 26.0 Å². The molecule has 1 heterocycles. The molecule has 0 saturated heterocycles. The van der Waals surface area contributed by atoms with Crippen LogP contribution in [-0.2, 0) is 0 Å². The number of hydrogen-bond donors (Lipinski definition) is 4. The summed E-state index contributed by atoms with van der Waals surface area (Å²) < 4.78 is 24.7. The van der Waals surface area contributed by atoms with E-state index in [0.717, 1.165) is 0 Å². The van der Waals surface area contributed by atoms with Gasteiger partial charge in [0.1, 0.15) is 23.4 Å². The molecule has 5 amide bonds. The van der Waals surface area contributed by atoms with Gasteiger partial charge in [-0.3, -0.25) is 4.79 Å². The minimum absolute atomic E-state index is 0.196. The van der Waals surface area contributed by atoms with E-state index in [0.29, 0.717) is 22.8 Å². The van der Waals surface area contributed by atoms with E-state index in [4.69, 9.17) is 9.47 Å². The van der Waals surface area contributed by atoms with Crippen LogP contribution in [0, 0.1) is 11.7 Å². The van der Waals surface area contributed by atoms with E-state index in [2.05, 4.69) is 16.0 Å². The Kier molecular flexibility index (Phi) is 10.0. The highest BCUT2D eigenvalue weighted by Crippen LogP contribution is 2.31. The van der Waals surface area contributed by atoms with Crippen LogP contribution in [0.1, 0.15) is 24.2 Å². The summed E-state index contributed by atoms with van der Waals surface area (Å²) in [7, 11) is 3.22. The Morgan fingerprint density at radius 1 is 1.05 bits per heavy atom. The van der Waals surface area contributed by atoms with Crippen molar-refractivity contribution in [2.24, 2.45) is 5.92 Å². The normalized spacial score (nSPS) is 17.0. The van der Waals surface area contributed by atoms with Crippen molar-refractivity contribution in [3.05, 3.63) is 78.1 Å². The van der Waals surface area contributed by atoms with Crippen LogP contribution in [-0.4, -0.2) is 78.9 Å². The lowest BCUT2D eigenvalue weighted by atomic mass is 9.99. The molecule has 0 radical (unpaired) electrons. The van der Waals surface area contributed by atoms with Gasteiger partial charge in [0.25, 0.3) is 5.91 Å². The summed E-state index contributed by atoms with van der Waals surface area (Å²) >= 11 is 0. The SMILES string of the molecule is COc1ccc(NC(=O)N(C)C[C@H]2Oc3ccc(NC(=O)Nc4ccc(F)cc4)cc3C(=O)N([C@H](C)CO)C[C@@H]2C)cc1. The first-order valence-corrected chi connectivity index (χ1v) is 13.8. The summed E-state index contributed by atoms with van der Waals surface area (Å²) in [6, 6.07) is 15.6. The fourth-order valence-corrected chi connectivity index (χ4v) is 4.59. The van der Waals surface area contributed by atoms with Crippen LogP contribution in [0.3, 0.4) is 0 Å². The molecule has 3 atom stereocenters. The van der Waals surface area contributed by atoms with Gasteiger partial charge in [0.15, 0.2) is 0 Å². The van der Waals surface area contributed by atoms with E-state index < -0.39 is 24.0 Å². The largest absolute Gasteiger partial charge is 0.497 e. The molecule has 0 fully saturated rings. The number of amides is 5. The third-order valence-electron chi connectivity index (χ3n) is 7.17. The summed E-state index contributed by atoms with van der Waals surface area (Å²) in [5.41, 5.74) is 1.52. The zero-order chi connectivity index (χ0) is 31.1. The summed E-state index contributed by atoms with van der Waals surface area (Å²) in [5.74, 6) is -0.0452. The minimum atomic E-state index is -0.581. The second-order valence-electron chi connectivity index (χ2n) is 10.5. The molecule has 11 nitrogen and oxygen atoms in total. The second-order valence-corrected chi connectivity index (χ2v) is 10.5. The number of hydrogen-bond acceptors (Lipinski definition) is 6. The Morgan fingerprint density at radius 2 is 1.65 bits per heavy atom. The van der Waals surface area contributed by atoms with Gasteiger partial charge in [-0.15, -0.1) is 0 Å². The Balaban J connectivity index is 1.53. The number of aliphatic hydroxyl groups is 1. The predicted molar refractivity (Wildman–Crippen MR) is 161 cm³/mol. The van der Waals surface area contributed by atoms with E-state index in [1.807, 2.05) is 6.92 Å². The van der Waals surface area contributed by atoms with Crippen molar-refractivity contribution < 1.29 is 33.4 Å². The number of nitrogens with one attached hydrogen (secondary N) is 3. The van der Waals surface area contributed by atoms with Crippen LogP contribution in [0.5, 0.6) is 11.5 Å². The number of halogens is 1. The van der Waals surface area contributed by atoms with Crippen molar-refractivity contribution in [3.8, 4) is 11.5 Å². The lowest BCUT2D eigenvalue weighted by Gasteiger charge is -2.38. The number of ether oxygens (including phenoxy) is 2. The van der Waals surface area contributed by atoms with Crippen LogP contribution >= 0.6 is 0 Å². The van der Waals surface area contributed by atoms with Crippen molar-refractivity contribution in [2.75, 3.05) is 49.8 Å². The van der Waals surface area contributed by atoms with Gasteiger partial charge in [0, 0.05) is 36.6 Å². The fraction of sp³-hybridized carbons (Fsp3) is 0.323. The molecule has 0 saturated carbocycles. The van der Waals surface area contributed by atoms with Crippen LogP contribution in [0.4, 0.5) is 31.0 Å². The molecule has 43 heavy (non-hydrogen) atoms. The van der Waals surface area contributed by atoms with E-state index in [1.165, 1.54) is 35.2 Å². The predicted octanol–water partition coefficient (Wildman–Crippen LogP) is 4.86. The Bertz CT molecular complexity index is 1440. The smallest absolute Gasteiger partial charge is 0.323 e. The Labute approximate surface area is 249 Å². The standard InChI is InChI=1S/C31H36FN5O6/c1-19-16-37(20(2)18-38)29(39)26-15-24(34-30(40)33-22-7-5-21(32)6-8-22)11-14-27(26)43-28(19)17-36(3)31(41)35-23-9-12-25(42-4)13-10-23/h5-15,19-20,28,38H,16-18H2,1-4H3,(H,35,41)(H2,33,34,40)/t19-,20+,28+/m0/s1. The van der Waals surface area contributed by atoms with E-state index in [1.54, 1.807) is 62.4 Å². The van der Waals surface area contributed by atoms with Crippen molar-refractivity contribution in [1.29, 1.82) is 0 Å². The van der Waals surface area contributed by atoms with Crippen LogP contribution in [0.25, 0.3) is 0 Å². The van der Waals surface area contributed by atoms with Crippen molar-refractivity contribution in [3.63, 3.8) is 0 Å². The number of benzene rings is 3. The van der Waals surface area contributed by atoms with Gasteiger partial charge in [-0.1, -0.05) is 6.92 Å². The summed E-state index contributed by atoms with van der Waals surface area (Å²) in [6.45, 7) is 3.89. The van der Waals surface area contributed by atoms with Gasteiger partial charge in [-0.2, -0.15) is 0 Å². The second kappa shape index (κ2) is 13.9. The summed E-state index contributed by atoms with van der Waals surface area (Å²) in [5, 5.41) is 18.0. The Hall–Kier alpha value is -4.84. The molecule has 1 aliphatic rings. The highest BCUT2D eigenvalue weighted by Gasteiger charge is 2.34. The first-order chi connectivity index (χ1) is 20.6. The molecule has 0 unspecified atom stereocenters. The van der Waals surface area contributed by atoms with Gasteiger partial charge < -0.3 is 40.3 Å². The molecule has 0 aliphatic carbocycles. The van der Waals surface area contributed by atoms with Crippen molar-refractivity contribution in [1.82, 2.24) is 9.80 Å². The Morgan fingerprint density at radius 3 is 2.30 bits per heavy atom. The number of methoxy groups -OCH3 is 1. The number of urea groups is 2. The minimum Gasteiger partial charge on any atom is -0.497 e. The first-order valence-electron chi connectivity index (χ1n) is 13.8. The maximum atomic E-state index is 13.7. The molecular weight excluding hydrogens is 557 g/mol. The zero-order valence-corrected chi connectivity index (χ0v) is 24.5. The molecule has 12 heteroatoms.